The maximum absolute atomic E-state index is 13.6. The second-order valence-corrected chi connectivity index (χ2v) is 5.72. The molecular weight excluding hydrogens is 321 g/mol. The summed E-state index contributed by atoms with van der Waals surface area (Å²) in [7, 11) is 0. The molecule has 0 aromatic carbocycles. The summed E-state index contributed by atoms with van der Waals surface area (Å²) in [5.74, 6) is -0.748. The number of ether oxygens (including phenoxy) is 1. The van der Waals surface area contributed by atoms with E-state index in [9.17, 15) is 9.18 Å². The molecule has 1 unspecified atom stereocenters. The Hall–Kier alpha value is -2.21. The van der Waals surface area contributed by atoms with Gasteiger partial charge in [0.2, 0.25) is 0 Å². The van der Waals surface area contributed by atoms with Crippen molar-refractivity contribution in [2.24, 2.45) is 0 Å². The van der Waals surface area contributed by atoms with Crippen LogP contribution in [0, 0.1) is 5.82 Å². The van der Waals surface area contributed by atoms with E-state index in [4.69, 9.17) is 16.3 Å². The second kappa shape index (κ2) is 6.91. The van der Waals surface area contributed by atoms with Crippen LogP contribution in [-0.2, 0) is 0 Å². The fraction of sp³-hybridized carbons (Fsp3) is 0.312. The molecule has 0 spiro atoms. The molecule has 1 saturated heterocycles. The molecule has 1 fully saturated rings. The monoisotopic (exact) mass is 335 g/mol. The Morgan fingerprint density at radius 1 is 1.35 bits per heavy atom. The Bertz CT molecular complexity index is 713. The SMILES string of the molecule is O=C(c1cc(Cl)ccn1)N1CCCC(Oc2ncccc2F)C1. The van der Waals surface area contributed by atoms with E-state index in [1.165, 1.54) is 30.6 Å². The number of likely N-dealkylation sites (tertiary alicyclic amines) is 1. The Kier molecular flexibility index (Phi) is 4.71. The van der Waals surface area contributed by atoms with Gasteiger partial charge in [0, 0.05) is 24.0 Å². The Morgan fingerprint density at radius 3 is 3.00 bits per heavy atom. The highest BCUT2D eigenvalue weighted by molar-refractivity contribution is 6.30. The minimum atomic E-state index is -0.507. The zero-order chi connectivity index (χ0) is 16.2. The van der Waals surface area contributed by atoms with Crippen LogP contribution in [0.4, 0.5) is 4.39 Å². The average Bonchev–Trinajstić information content (AvgIpc) is 2.56. The smallest absolute Gasteiger partial charge is 0.272 e. The number of nitrogens with zero attached hydrogens (tertiary/aromatic N) is 3. The molecule has 120 valence electrons. The van der Waals surface area contributed by atoms with Crippen LogP contribution in [0.25, 0.3) is 0 Å². The predicted molar refractivity (Wildman–Crippen MR) is 83.0 cm³/mol. The predicted octanol–water partition coefficient (Wildman–Crippen LogP) is 2.95. The van der Waals surface area contributed by atoms with E-state index in [-0.39, 0.29) is 17.9 Å². The highest BCUT2D eigenvalue weighted by atomic mass is 35.5. The molecule has 0 aliphatic carbocycles. The highest BCUT2D eigenvalue weighted by Crippen LogP contribution is 2.20. The number of hydrogen-bond acceptors (Lipinski definition) is 4. The van der Waals surface area contributed by atoms with Crippen LogP contribution >= 0.6 is 11.6 Å². The first-order valence-corrected chi connectivity index (χ1v) is 7.69. The summed E-state index contributed by atoms with van der Waals surface area (Å²) in [5.41, 5.74) is 0.294. The van der Waals surface area contributed by atoms with Gasteiger partial charge in [-0.25, -0.2) is 9.37 Å². The molecule has 1 atom stereocenters. The maximum Gasteiger partial charge on any atom is 0.272 e. The first kappa shape index (κ1) is 15.7. The number of aromatic nitrogens is 2. The van der Waals surface area contributed by atoms with Gasteiger partial charge in [-0.15, -0.1) is 0 Å². The minimum Gasteiger partial charge on any atom is -0.470 e. The minimum absolute atomic E-state index is 0.0346. The molecule has 0 saturated carbocycles. The van der Waals surface area contributed by atoms with E-state index >= 15 is 0 Å². The zero-order valence-corrected chi connectivity index (χ0v) is 13.0. The summed E-state index contributed by atoms with van der Waals surface area (Å²) in [6.45, 7) is 0.973. The molecule has 3 heterocycles. The number of carbonyl (C=O) groups excluding carboxylic acids is 1. The summed E-state index contributed by atoms with van der Waals surface area (Å²) in [5, 5.41) is 0.462. The van der Waals surface area contributed by atoms with Gasteiger partial charge in [-0.1, -0.05) is 11.6 Å². The molecular formula is C16H15ClFN3O2. The second-order valence-electron chi connectivity index (χ2n) is 5.28. The van der Waals surface area contributed by atoms with Crippen molar-refractivity contribution in [1.82, 2.24) is 14.9 Å². The van der Waals surface area contributed by atoms with Crippen LogP contribution in [0.2, 0.25) is 5.02 Å². The van der Waals surface area contributed by atoms with Crippen molar-refractivity contribution in [3.05, 3.63) is 53.2 Å². The number of halogens is 2. The van der Waals surface area contributed by atoms with Gasteiger partial charge in [-0.3, -0.25) is 9.78 Å². The molecule has 2 aromatic heterocycles. The average molecular weight is 336 g/mol. The highest BCUT2D eigenvalue weighted by Gasteiger charge is 2.27. The van der Waals surface area contributed by atoms with Crippen molar-refractivity contribution in [3.63, 3.8) is 0 Å². The Morgan fingerprint density at radius 2 is 2.22 bits per heavy atom. The van der Waals surface area contributed by atoms with Crippen LogP contribution < -0.4 is 4.74 Å². The lowest BCUT2D eigenvalue weighted by atomic mass is 10.1. The number of pyridine rings is 2. The molecule has 23 heavy (non-hydrogen) atoms. The van der Waals surface area contributed by atoms with E-state index in [0.29, 0.717) is 23.8 Å². The largest absolute Gasteiger partial charge is 0.470 e. The number of hydrogen-bond donors (Lipinski definition) is 0. The van der Waals surface area contributed by atoms with Crippen molar-refractivity contribution in [3.8, 4) is 5.88 Å². The molecule has 1 aliphatic rings. The van der Waals surface area contributed by atoms with Gasteiger partial charge in [0.1, 0.15) is 11.8 Å². The fourth-order valence-corrected chi connectivity index (χ4v) is 2.68. The van der Waals surface area contributed by atoms with Crippen LogP contribution in [0.5, 0.6) is 5.88 Å². The number of carbonyl (C=O) groups is 1. The van der Waals surface area contributed by atoms with E-state index in [1.807, 2.05) is 0 Å². The van der Waals surface area contributed by atoms with E-state index < -0.39 is 5.82 Å². The summed E-state index contributed by atoms with van der Waals surface area (Å²) in [6.07, 6.45) is 4.18. The first-order valence-electron chi connectivity index (χ1n) is 7.31. The number of amides is 1. The van der Waals surface area contributed by atoms with Crippen LogP contribution in [-0.4, -0.2) is 40.0 Å². The van der Waals surface area contributed by atoms with Gasteiger partial charge in [0.05, 0.1) is 6.54 Å². The van der Waals surface area contributed by atoms with Crippen molar-refractivity contribution in [1.29, 1.82) is 0 Å². The van der Waals surface area contributed by atoms with Gasteiger partial charge < -0.3 is 9.64 Å². The van der Waals surface area contributed by atoms with Crippen molar-refractivity contribution in [2.45, 2.75) is 18.9 Å². The third-order valence-electron chi connectivity index (χ3n) is 3.61. The third-order valence-corrected chi connectivity index (χ3v) is 3.84. The van der Waals surface area contributed by atoms with E-state index in [2.05, 4.69) is 9.97 Å². The topological polar surface area (TPSA) is 55.3 Å². The summed E-state index contributed by atoms with van der Waals surface area (Å²) in [6, 6.07) is 5.95. The zero-order valence-electron chi connectivity index (χ0n) is 12.3. The van der Waals surface area contributed by atoms with Gasteiger partial charge >= 0.3 is 0 Å². The van der Waals surface area contributed by atoms with Gasteiger partial charge in [-0.05, 0) is 37.1 Å². The Labute approximate surface area is 138 Å². The van der Waals surface area contributed by atoms with Crippen LogP contribution in [0.1, 0.15) is 23.3 Å². The lowest BCUT2D eigenvalue weighted by Crippen LogP contribution is -2.44. The van der Waals surface area contributed by atoms with Gasteiger partial charge in [0.15, 0.2) is 5.82 Å². The lowest BCUT2D eigenvalue weighted by molar-refractivity contribution is 0.0513. The summed E-state index contributed by atoms with van der Waals surface area (Å²) >= 11 is 5.90. The molecule has 5 nitrogen and oxygen atoms in total. The lowest BCUT2D eigenvalue weighted by Gasteiger charge is -2.32. The first-order chi connectivity index (χ1) is 11.1. The van der Waals surface area contributed by atoms with E-state index in [1.54, 1.807) is 11.0 Å². The molecule has 7 heteroatoms. The molecule has 2 aromatic rings. The number of piperidine rings is 1. The molecule has 0 bridgehead atoms. The van der Waals surface area contributed by atoms with Crippen LogP contribution in [0.15, 0.2) is 36.7 Å². The van der Waals surface area contributed by atoms with E-state index in [0.717, 1.165) is 12.8 Å². The molecule has 0 N–H and O–H groups in total. The van der Waals surface area contributed by atoms with Crippen molar-refractivity contribution >= 4 is 17.5 Å². The van der Waals surface area contributed by atoms with Crippen LogP contribution in [0.3, 0.4) is 0 Å². The van der Waals surface area contributed by atoms with Gasteiger partial charge in [-0.2, -0.15) is 0 Å². The third kappa shape index (κ3) is 3.76. The summed E-state index contributed by atoms with van der Waals surface area (Å²) in [4.78, 5) is 22.1. The number of rotatable bonds is 3. The van der Waals surface area contributed by atoms with Crippen molar-refractivity contribution < 1.29 is 13.9 Å². The standard InChI is InChI=1S/C16H15ClFN3O2/c17-11-5-7-19-14(9-11)16(22)21-8-2-3-12(10-21)23-15-13(18)4-1-6-20-15/h1,4-7,9,12H,2-3,8,10H2. The fourth-order valence-electron chi connectivity index (χ4n) is 2.52. The Balaban J connectivity index is 1.68. The van der Waals surface area contributed by atoms with Crippen molar-refractivity contribution in [2.75, 3.05) is 13.1 Å². The summed E-state index contributed by atoms with van der Waals surface area (Å²) < 4.78 is 19.2. The maximum atomic E-state index is 13.6. The normalized spacial score (nSPS) is 17.8. The molecule has 1 amide bonds. The molecule has 3 rings (SSSR count). The molecule has 1 aliphatic heterocycles. The quantitative estimate of drug-likeness (QED) is 0.865. The van der Waals surface area contributed by atoms with Gasteiger partial charge in [0.25, 0.3) is 11.8 Å². The molecule has 0 radical (unpaired) electrons.